The zero-order valence-corrected chi connectivity index (χ0v) is 9.84. The second kappa shape index (κ2) is 5.23. The quantitative estimate of drug-likeness (QED) is 0.827. The number of benzene rings is 1. The second-order valence-electron chi connectivity index (χ2n) is 3.87. The predicted octanol–water partition coefficient (Wildman–Crippen LogP) is 2.12. The number of nitriles is 1. The van der Waals surface area contributed by atoms with Crippen LogP contribution < -0.4 is 4.90 Å². The van der Waals surface area contributed by atoms with Gasteiger partial charge in [-0.25, -0.2) is 4.39 Å². The minimum atomic E-state index is -0.277. The van der Waals surface area contributed by atoms with Gasteiger partial charge in [-0.3, -0.25) is 0 Å². The van der Waals surface area contributed by atoms with Gasteiger partial charge in [0.2, 0.25) is 0 Å². The van der Waals surface area contributed by atoms with Crippen LogP contribution in [0.1, 0.15) is 11.1 Å². The Morgan fingerprint density at radius 1 is 1.39 bits per heavy atom. The van der Waals surface area contributed by atoms with E-state index in [1.54, 1.807) is 24.1 Å². The first-order valence-electron chi connectivity index (χ1n) is 5.38. The normalized spacial score (nSPS) is 9.83. The number of hydrogen-bond acceptors (Lipinski definition) is 4. The first kappa shape index (κ1) is 12.0. The minimum Gasteiger partial charge on any atom is -0.353 e. The van der Waals surface area contributed by atoms with Gasteiger partial charge in [0.05, 0.1) is 11.8 Å². The molecule has 0 atom stereocenters. The van der Waals surface area contributed by atoms with Crippen LogP contribution in [0.5, 0.6) is 0 Å². The number of halogens is 1. The molecule has 2 aromatic rings. The summed E-state index contributed by atoms with van der Waals surface area (Å²) in [6.07, 6.45) is 1.47. The van der Waals surface area contributed by atoms with Crippen molar-refractivity contribution in [2.24, 2.45) is 0 Å². The van der Waals surface area contributed by atoms with Gasteiger partial charge in [0.1, 0.15) is 11.9 Å². The van der Waals surface area contributed by atoms with Crippen molar-refractivity contribution in [2.45, 2.75) is 6.54 Å². The molecule has 0 amide bonds. The third kappa shape index (κ3) is 2.61. The topological polar surface area (TPSA) is 52.8 Å². The standard InChI is InChI=1S/C13H11FN4/c1-18(9-10-3-2-4-12(14)7-10)13-11(8-15)5-6-16-17-13/h2-7H,9H2,1H3. The first-order chi connectivity index (χ1) is 8.70. The van der Waals surface area contributed by atoms with Gasteiger partial charge in [-0.2, -0.15) is 10.4 Å². The summed E-state index contributed by atoms with van der Waals surface area (Å²) >= 11 is 0. The van der Waals surface area contributed by atoms with Gasteiger partial charge in [-0.05, 0) is 23.8 Å². The molecule has 0 aliphatic heterocycles. The van der Waals surface area contributed by atoms with Crippen LogP contribution in [0.4, 0.5) is 10.2 Å². The van der Waals surface area contributed by atoms with Gasteiger partial charge in [-0.15, -0.1) is 5.10 Å². The fourth-order valence-electron chi connectivity index (χ4n) is 1.68. The van der Waals surface area contributed by atoms with Crippen molar-refractivity contribution in [2.75, 3.05) is 11.9 Å². The van der Waals surface area contributed by atoms with E-state index in [-0.39, 0.29) is 5.82 Å². The van der Waals surface area contributed by atoms with E-state index in [4.69, 9.17) is 5.26 Å². The number of nitrogens with zero attached hydrogens (tertiary/aromatic N) is 4. The highest BCUT2D eigenvalue weighted by Gasteiger charge is 2.09. The maximum absolute atomic E-state index is 13.1. The van der Waals surface area contributed by atoms with E-state index in [1.807, 2.05) is 6.07 Å². The lowest BCUT2D eigenvalue weighted by Crippen LogP contribution is -2.19. The third-order valence-electron chi connectivity index (χ3n) is 2.49. The zero-order chi connectivity index (χ0) is 13.0. The Kier molecular flexibility index (Phi) is 3.49. The molecule has 0 aliphatic rings. The lowest BCUT2D eigenvalue weighted by molar-refractivity contribution is 0.625. The van der Waals surface area contributed by atoms with Gasteiger partial charge < -0.3 is 4.90 Å². The highest BCUT2D eigenvalue weighted by molar-refractivity contribution is 5.52. The minimum absolute atomic E-state index is 0.277. The van der Waals surface area contributed by atoms with Crippen molar-refractivity contribution < 1.29 is 4.39 Å². The largest absolute Gasteiger partial charge is 0.353 e. The van der Waals surface area contributed by atoms with E-state index in [1.165, 1.54) is 18.3 Å². The summed E-state index contributed by atoms with van der Waals surface area (Å²) in [5.41, 5.74) is 1.26. The van der Waals surface area contributed by atoms with Crippen LogP contribution in [0.3, 0.4) is 0 Å². The monoisotopic (exact) mass is 242 g/mol. The molecule has 0 aliphatic carbocycles. The number of rotatable bonds is 3. The van der Waals surface area contributed by atoms with Crippen LogP contribution in [0.15, 0.2) is 36.5 Å². The molecule has 1 aromatic heterocycles. The molecule has 0 fully saturated rings. The van der Waals surface area contributed by atoms with Crippen LogP contribution in [-0.2, 0) is 6.54 Å². The SMILES string of the molecule is CN(Cc1cccc(F)c1)c1nnccc1C#N. The number of aromatic nitrogens is 2. The highest BCUT2D eigenvalue weighted by Crippen LogP contribution is 2.16. The summed E-state index contributed by atoms with van der Waals surface area (Å²) in [5, 5.41) is 16.7. The van der Waals surface area contributed by atoms with E-state index in [0.29, 0.717) is 17.9 Å². The third-order valence-corrected chi connectivity index (χ3v) is 2.49. The van der Waals surface area contributed by atoms with E-state index < -0.39 is 0 Å². The van der Waals surface area contributed by atoms with Gasteiger partial charge >= 0.3 is 0 Å². The van der Waals surface area contributed by atoms with E-state index in [2.05, 4.69) is 16.3 Å². The predicted molar refractivity (Wildman–Crippen MR) is 65.3 cm³/mol. The van der Waals surface area contributed by atoms with Crippen LogP contribution >= 0.6 is 0 Å². The van der Waals surface area contributed by atoms with Crippen LogP contribution in [0.2, 0.25) is 0 Å². The van der Waals surface area contributed by atoms with Gasteiger partial charge in [0, 0.05) is 13.6 Å². The molecule has 5 heteroatoms. The van der Waals surface area contributed by atoms with Gasteiger partial charge in [0.15, 0.2) is 5.82 Å². The fraction of sp³-hybridized carbons (Fsp3) is 0.154. The summed E-state index contributed by atoms with van der Waals surface area (Å²) in [5.74, 6) is 0.213. The zero-order valence-electron chi connectivity index (χ0n) is 9.84. The molecule has 0 unspecified atom stereocenters. The van der Waals surface area contributed by atoms with E-state index in [9.17, 15) is 4.39 Å². The maximum atomic E-state index is 13.1. The average Bonchev–Trinajstić information content (AvgIpc) is 2.38. The molecule has 18 heavy (non-hydrogen) atoms. The Balaban J connectivity index is 2.22. The van der Waals surface area contributed by atoms with Crippen molar-refractivity contribution in [3.05, 3.63) is 53.5 Å². The van der Waals surface area contributed by atoms with Gasteiger partial charge in [0.25, 0.3) is 0 Å². The van der Waals surface area contributed by atoms with Gasteiger partial charge in [-0.1, -0.05) is 12.1 Å². The molecule has 0 saturated heterocycles. The van der Waals surface area contributed by atoms with Crippen LogP contribution in [-0.4, -0.2) is 17.2 Å². The number of anilines is 1. The summed E-state index contributed by atoms with van der Waals surface area (Å²) < 4.78 is 13.1. The Labute approximate surface area is 104 Å². The molecule has 1 heterocycles. The van der Waals surface area contributed by atoms with Crippen molar-refractivity contribution in [3.8, 4) is 6.07 Å². The molecule has 0 bridgehead atoms. The Bertz CT molecular complexity index is 592. The van der Waals surface area contributed by atoms with Crippen molar-refractivity contribution >= 4 is 5.82 Å². The fourth-order valence-corrected chi connectivity index (χ4v) is 1.68. The second-order valence-corrected chi connectivity index (χ2v) is 3.87. The van der Waals surface area contributed by atoms with Crippen molar-refractivity contribution in [1.29, 1.82) is 5.26 Å². The molecule has 0 spiro atoms. The molecule has 0 N–H and O–H groups in total. The van der Waals surface area contributed by atoms with Crippen molar-refractivity contribution in [3.63, 3.8) is 0 Å². The highest BCUT2D eigenvalue weighted by atomic mass is 19.1. The molecule has 1 aromatic carbocycles. The molecule has 0 saturated carbocycles. The van der Waals surface area contributed by atoms with E-state index in [0.717, 1.165) is 5.56 Å². The van der Waals surface area contributed by atoms with Crippen LogP contribution in [0, 0.1) is 17.1 Å². The average molecular weight is 242 g/mol. The molecule has 2 rings (SSSR count). The van der Waals surface area contributed by atoms with E-state index >= 15 is 0 Å². The Morgan fingerprint density at radius 3 is 2.94 bits per heavy atom. The molecule has 90 valence electrons. The lowest BCUT2D eigenvalue weighted by atomic mass is 10.2. The smallest absolute Gasteiger partial charge is 0.169 e. The molecular weight excluding hydrogens is 231 g/mol. The summed E-state index contributed by atoms with van der Waals surface area (Å²) in [7, 11) is 1.79. The Hall–Kier alpha value is -2.48. The van der Waals surface area contributed by atoms with Crippen LogP contribution in [0.25, 0.3) is 0 Å². The lowest BCUT2D eigenvalue weighted by Gasteiger charge is -2.18. The molecule has 4 nitrogen and oxygen atoms in total. The molecule has 0 radical (unpaired) electrons. The Morgan fingerprint density at radius 2 is 2.22 bits per heavy atom. The summed E-state index contributed by atoms with van der Waals surface area (Å²) in [6.45, 7) is 0.463. The molecular formula is C13H11FN4. The van der Waals surface area contributed by atoms with Crippen molar-refractivity contribution in [1.82, 2.24) is 10.2 Å². The summed E-state index contributed by atoms with van der Waals surface area (Å²) in [6, 6.07) is 9.98. The summed E-state index contributed by atoms with van der Waals surface area (Å²) in [4.78, 5) is 1.76. The first-order valence-corrected chi connectivity index (χ1v) is 5.38. The number of hydrogen-bond donors (Lipinski definition) is 0. The maximum Gasteiger partial charge on any atom is 0.169 e.